The quantitative estimate of drug-likeness (QED) is 0.245. The molecule has 1 aliphatic carbocycles. The third-order valence-electron chi connectivity index (χ3n) is 6.62. The van der Waals surface area contributed by atoms with Gasteiger partial charge in [0.2, 0.25) is 5.88 Å². The number of aliphatic imine (C=N–C) groups is 1. The largest absolute Gasteiger partial charge is 0.474 e. The van der Waals surface area contributed by atoms with Crippen LogP contribution in [0.4, 0.5) is 10.5 Å². The van der Waals surface area contributed by atoms with Gasteiger partial charge < -0.3 is 20.7 Å². The number of likely N-dealkylation sites (tertiary alicyclic amines) is 1. The lowest BCUT2D eigenvalue weighted by atomic mass is 9.73. The third-order valence-corrected chi connectivity index (χ3v) is 7.28. The Bertz CT molecular complexity index is 1190. The summed E-state index contributed by atoms with van der Waals surface area (Å²) in [6.07, 6.45) is 10.2. The van der Waals surface area contributed by atoms with Gasteiger partial charge in [-0.25, -0.2) is 9.78 Å². The molecular formula is C28H37BN6O2S. The number of aryl methyl sites for hydroxylation is 1. The summed E-state index contributed by atoms with van der Waals surface area (Å²) >= 11 is 1.04. The number of urea groups is 1. The number of carbonyl (C=O) groups is 1. The number of carbonyl (C=O) groups excluding carboxylic acids is 1. The van der Waals surface area contributed by atoms with E-state index in [1.165, 1.54) is 11.1 Å². The predicted molar refractivity (Wildman–Crippen MR) is 158 cm³/mol. The zero-order valence-electron chi connectivity index (χ0n) is 22.5. The Labute approximate surface area is 231 Å². The smallest absolute Gasteiger partial charge is 0.329 e. The summed E-state index contributed by atoms with van der Waals surface area (Å²) in [5, 5.41) is 3.12. The summed E-state index contributed by atoms with van der Waals surface area (Å²) in [5.74, 6) is 0.612. The van der Waals surface area contributed by atoms with Crippen molar-refractivity contribution in [1.82, 2.24) is 14.6 Å². The Morgan fingerprint density at radius 3 is 2.87 bits per heavy atom. The number of aromatic nitrogens is 1. The molecule has 2 aliphatic rings. The van der Waals surface area contributed by atoms with Crippen LogP contribution >= 0.6 is 11.9 Å². The van der Waals surface area contributed by atoms with Crippen LogP contribution in [-0.2, 0) is 12.8 Å². The summed E-state index contributed by atoms with van der Waals surface area (Å²) < 4.78 is 9.00. The normalized spacial score (nSPS) is 17.0. The number of piperidine rings is 1. The minimum absolute atomic E-state index is 0.166. The van der Waals surface area contributed by atoms with Crippen LogP contribution in [-0.4, -0.2) is 62.8 Å². The molecule has 200 valence electrons. The number of amides is 2. The van der Waals surface area contributed by atoms with Crippen molar-refractivity contribution in [3.05, 3.63) is 52.7 Å². The zero-order chi connectivity index (χ0) is 27.1. The van der Waals surface area contributed by atoms with Crippen molar-refractivity contribution in [1.29, 1.82) is 0 Å². The molecule has 4 rings (SSSR count). The van der Waals surface area contributed by atoms with E-state index in [1.807, 2.05) is 26.0 Å². The second kappa shape index (κ2) is 12.7. The topological polar surface area (TPSA) is 105 Å². The summed E-state index contributed by atoms with van der Waals surface area (Å²) in [4.78, 5) is 23.9. The van der Waals surface area contributed by atoms with E-state index in [1.54, 1.807) is 18.5 Å². The molecule has 2 heterocycles. The molecule has 2 aromatic rings. The third kappa shape index (κ3) is 8.01. The lowest BCUT2D eigenvalue weighted by Gasteiger charge is -2.29. The number of benzene rings is 1. The summed E-state index contributed by atoms with van der Waals surface area (Å²) in [7, 11) is 8.06. The Morgan fingerprint density at radius 2 is 2.11 bits per heavy atom. The number of nitrogens with one attached hydrogen (secondary N) is 2. The first-order valence-electron chi connectivity index (χ1n) is 13.1. The number of anilines is 1. The molecule has 1 aromatic heterocycles. The molecule has 1 saturated heterocycles. The fraction of sp³-hybridized carbons (Fsp3) is 0.464. The van der Waals surface area contributed by atoms with Gasteiger partial charge in [-0.15, -0.1) is 0 Å². The molecule has 0 bridgehead atoms. The van der Waals surface area contributed by atoms with E-state index in [0.29, 0.717) is 17.5 Å². The van der Waals surface area contributed by atoms with Gasteiger partial charge in [-0.3, -0.25) is 9.71 Å². The highest BCUT2D eigenvalue weighted by molar-refractivity contribution is 8.01. The van der Waals surface area contributed by atoms with Crippen LogP contribution in [0.2, 0.25) is 5.31 Å². The van der Waals surface area contributed by atoms with Crippen molar-refractivity contribution in [2.75, 3.05) is 32.0 Å². The minimum atomic E-state index is -0.382. The Balaban J connectivity index is 1.46. The van der Waals surface area contributed by atoms with Crippen molar-refractivity contribution in [2.45, 2.75) is 57.4 Å². The van der Waals surface area contributed by atoms with Gasteiger partial charge in [0.15, 0.2) is 0 Å². The number of fused-ring (bicyclic) bond motifs is 1. The lowest BCUT2D eigenvalue weighted by Crippen LogP contribution is -2.35. The van der Waals surface area contributed by atoms with Gasteiger partial charge in [0, 0.05) is 55.6 Å². The van der Waals surface area contributed by atoms with E-state index < -0.39 is 0 Å². The van der Waals surface area contributed by atoms with E-state index in [2.05, 4.69) is 44.1 Å². The number of pyridine rings is 1. The van der Waals surface area contributed by atoms with Crippen LogP contribution in [0.1, 0.15) is 44.2 Å². The fourth-order valence-electron chi connectivity index (χ4n) is 4.66. The monoisotopic (exact) mass is 532 g/mol. The van der Waals surface area contributed by atoms with E-state index in [0.717, 1.165) is 74.0 Å². The second-order valence-electron chi connectivity index (χ2n) is 10.7. The van der Waals surface area contributed by atoms with Gasteiger partial charge in [-0.1, -0.05) is 31.3 Å². The first kappa shape index (κ1) is 28.0. The number of ether oxygens (including phenoxy) is 1. The van der Waals surface area contributed by atoms with E-state index in [9.17, 15) is 4.79 Å². The average Bonchev–Trinajstić information content (AvgIpc) is 3.36. The van der Waals surface area contributed by atoms with Crippen molar-refractivity contribution >= 4 is 37.7 Å². The van der Waals surface area contributed by atoms with Gasteiger partial charge in [-0.2, -0.15) is 0 Å². The highest BCUT2D eigenvalue weighted by Gasteiger charge is 2.22. The molecule has 2 amide bonds. The Kier molecular flexibility index (Phi) is 9.38. The van der Waals surface area contributed by atoms with Crippen LogP contribution in [0, 0.1) is 0 Å². The molecule has 0 saturated carbocycles. The number of rotatable bonds is 9. The molecule has 1 fully saturated rings. The van der Waals surface area contributed by atoms with Crippen molar-refractivity contribution in [3.8, 4) is 17.0 Å². The fourth-order valence-corrected chi connectivity index (χ4v) is 5.05. The zero-order valence-corrected chi connectivity index (χ0v) is 23.3. The van der Waals surface area contributed by atoms with E-state index in [4.69, 9.17) is 18.3 Å². The van der Waals surface area contributed by atoms with Crippen molar-refractivity contribution in [2.24, 2.45) is 10.7 Å². The van der Waals surface area contributed by atoms with Gasteiger partial charge in [0.1, 0.15) is 6.10 Å². The molecule has 10 heteroatoms. The molecule has 0 spiro atoms. The number of nitrogens with two attached hydrogens (primary N) is 1. The highest BCUT2D eigenvalue weighted by atomic mass is 32.2. The van der Waals surface area contributed by atoms with E-state index in [-0.39, 0.29) is 17.4 Å². The van der Waals surface area contributed by atoms with E-state index >= 15 is 0 Å². The molecule has 4 N–H and O–H groups in total. The molecular weight excluding hydrogens is 495 g/mol. The first-order chi connectivity index (χ1) is 18.2. The Hall–Kier alpha value is -2.98. The standard InChI is InChI=1S/C28H37BN6O2S/c1-28(2,29)18-31-13-10-24(30)38-34-27(36)33-26-22-6-4-5-19(22)7-8-23(26)20-9-14-32-25(17-20)37-21-11-15-35(3)16-12-21/h7-10,13-14,17,21H,4-6,11-12,15-16,18,30H2,1-3H3,(H2,33,34,36)/b24-10+,31-13?. The van der Waals surface area contributed by atoms with Gasteiger partial charge >= 0.3 is 6.03 Å². The first-order valence-corrected chi connectivity index (χ1v) is 13.9. The van der Waals surface area contributed by atoms with Gasteiger partial charge in [0.05, 0.1) is 18.6 Å². The molecule has 38 heavy (non-hydrogen) atoms. The van der Waals surface area contributed by atoms with Crippen molar-refractivity contribution < 1.29 is 9.53 Å². The van der Waals surface area contributed by atoms with Crippen molar-refractivity contribution in [3.63, 3.8) is 0 Å². The van der Waals surface area contributed by atoms with Gasteiger partial charge in [0.25, 0.3) is 0 Å². The summed E-state index contributed by atoms with van der Waals surface area (Å²) in [5.41, 5.74) is 11.2. The summed E-state index contributed by atoms with van der Waals surface area (Å²) in [6, 6.07) is 7.82. The molecule has 8 nitrogen and oxygen atoms in total. The van der Waals surface area contributed by atoms with Crippen LogP contribution in [0.3, 0.4) is 0 Å². The minimum Gasteiger partial charge on any atom is -0.474 e. The van der Waals surface area contributed by atoms with Crippen LogP contribution in [0.5, 0.6) is 5.88 Å². The van der Waals surface area contributed by atoms with Crippen LogP contribution in [0.25, 0.3) is 11.1 Å². The predicted octanol–water partition coefficient (Wildman–Crippen LogP) is 4.72. The number of hydrogen-bond donors (Lipinski definition) is 3. The van der Waals surface area contributed by atoms with Crippen LogP contribution < -0.4 is 20.5 Å². The molecule has 1 aliphatic heterocycles. The SMILES string of the molecule is [B]C(C)(C)CN=C/C=C(\N)SNC(=O)Nc1c(-c2ccnc(OC3CCN(C)CC3)c2)ccc2c1CCC2. The lowest BCUT2D eigenvalue weighted by molar-refractivity contribution is 0.110. The molecule has 2 radical (unpaired) electrons. The van der Waals surface area contributed by atoms with Crippen LogP contribution in [0.15, 0.2) is 46.6 Å². The molecule has 0 unspecified atom stereocenters. The number of nitrogens with zero attached hydrogens (tertiary/aromatic N) is 3. The Morgan fingerprint density at radius 1 is 1.32 bits per heavy atom. The number of allylic oxidation sites excluding steroid dienone is 1. The average molecular weight is 533 g/mol. The van der Waals surface area contributed by atoms with Gasteiger partial charge in [-0.05, 0) is 68.0 Å². The highest BCUT2D eigenvalue weighted by Crippen LogP contribution is 2.38. The molecule has 1 aromatic carbocycles. The molecule has 0 atom stereocenters. The maximum atomic E-state index is 12.9. The summed E-state index contributed by atoms with van der Waals surface area (Å²) in [6.45, 7) is 6.34. The maximum absolute atomic E-state index is 12.9. The second-order valence-corrected chi connectivity index (χ2v) is 11.6. The number of hydrogen-bond acceptors (Lipinski definition) is 7. The maximum Gasteiger partial charge on any atom is 0.329 e.